The van der Waals surface area contributed by atoms with Crippen LogP contribution in [0.5, 0.6) is 0 Å². The van der Waals surface area contributed by atoms with Crippen molar-refractivity contribution in [2.24, 2.45) is 0 Å². The molecule has 1 aromatic heterocycles. The molecule has 88 valence electrons. The molecule has 0 bridgehead atoms. The van der Waals surface area contributed by atoms with Crippen LogP contribution < -0.4 is 5.32 Å². The van der Waals surface area contributed by atoms with Gasteiger partial charge in [-0.15, -0.1) is 11.6 Å². The molecule has 0 spiro atoms. The Balaban J connectivity index is 2.10. The molecule has 0 saturated carbocycles. The molecule has 1 aromatic carbocycles. The summed E-state index contributed by atoms with van der Waals surface area (Å²) >= 11 is 5.68. The molecular weight excluding hydrogens is 240 g/mol. The molecule has 2 aromatic rings. The van der Waals surface area contributed by atoms with Crippen LogP contribution in [-0.2, 0) is 5.88 Å². The van der Waals surface area contributed by atoms with Gasteiger partial charge in [-0.05, 0) is 24.6 Å². The summed E-state index contributed by atoms with van der Waals surface area (Å²) in [6.07, 6.45) is 1.25. The lowest BCUT2D eigenvalue weighted by Gasteiger charge is -2.04. The van der Waals surface area contributed by atoms with Gasteiger partial charge in [0.15, 0.2) is 6.39 Å². The smallest absolute Gasteiger partial charge is 0.293 e. The number of hydrogen-bond acceptors (Lipinski definition) is 3. The minimum Gasteiger partial charge on any atom is -0.438 e. The van der Waals surface area contributed by atoms with E-state index in [0.717, 1.165) is 5.56 Å². The molecule has 0 aliphatic heterocycles. The third kappa shape index (κ3) is 2.65. The van der Waals surface area contributed by atoms with E-state index in [1.807, 2.05) is 12.1 Å². The van der Waals surface area contributed by atoms with Crippen molar-refractivity contribution < 1.29 is 9.21 Å². The molecule has 0 saturated heterocycles. The van der Waals surface area contributed by atoms with Crippen molar-refractivity contribution >= 4 is 23.2 Å². The maximum absolute atomic E-state index is 11.8. The van der Waals surface area contributed by atoms with Gasteiger partial charge in [0.05, 0.1) is 5.69 Å². The highest BCUT2D eigenvalue weighted by Gasteiger charge is 2.13. The van der Waals surface area contributed by atoms with Crippen molar-refractivity contribution in [3.63, 3.8) is 0 Å². The molecule has 4 nitrogen and oxygen atoms in total. The highest BCUT2D eigenvalue weighted by molar-refractivity contribution is 6.17. The second-order valence-electron chi connectivity index (χ2n) is 3.55. The summed E-state index contributed by atoms with van der Waals surface area (Å²) in [6, 6.07) is 7.30. The Morgan fingerprint density at radius 1 is 1.41 bits per heavy atom. The van der Waals surface area contributed by atoms with E-state index in [4.69, 9.17) is 16.0 Å². The Hall–Kier alpha value is -1.81. The Kier molecular flexibility index (Phi) is 3.44. The molecular formula is C12H11ClN2O2. The number of aromatic nitrogens is 1. The normalized spacial score (nSPS) is 10.2. The fourth-order valence-corrected chi connectivity index (χ4v) is 1.56. The average Bonchev–Trinajstić information content (AvgIpc) is 2.76. The number of hydrogen-bond donors (Lipinski definition) is 1. The number of benzene rings is 1. The van der Waals surface area contributed by atoms with E-state index >= 15 is 0 Å². The zero-order valence-corrected chi connectivity index (χ0v) is 9.99. The first kappa shape index (κ1) is 11.7. The lowest BCUT2D eigenvalue weighted by molar-refractivity contribution is 0.0996. The monoisotopic (exact) mass is 250 g/mol. The molecule has 0 unspecified atom stereocenters. The first-order valence-corrected chi connectivity index (χ1v) is 5.60. The number of alkyl halides is 1. The van der Waals surface area contributed by atoms with Gasteiger partial charge in [0.25, 0.3) is 5.91 Å². The van der Waals surface area contributed by atoms with Gasteiger partial charge in [-0.2, -0.15) is 0 Å². The number of anilines is 1. The first-order valence-electron chi connectivity index (χ1n) is 5.07. The molecule has 0 aliphatic rings. The maximum atomic E-state index is 11.8. The molecule has 17 heavy (non-hydrogen) atoms. The number of rotatable bonds is 3. The number of nitrogens with zero attached hydrogens (tertiary/aromatic N) is 1. The third-order valence-electron chi connectivity index (χ3n) is 2.32. The summed E-state index contributed by atoms with van der Waals surface area (Å²) in [4.78, 5) is 15.6. The first-order chi connectivity index (χ1) is 8.20. The minimum absolute atomic E-state index is 0.228. The van der Waals surface area contributed by atoms with Crippen molar-refractivity contribution in [3.05, 3.63) is 47.7 Å². The second-order valence-corrected chi connectivity index (χ2v) is 3.82. The van der Waals surface area contributed by atoms with Gasteiger partial charge < -0.3 is 9.73 Å². The summed E-state index contributed by atoms with van der Waals surface area (Å²) in [7, 11) is 0. The Morgan fingerprint density at radius 3 is 2.65 bits per heavy atom. The van der Waals surface area contributed by atoms with Crippen molar-refractivity contribution in [3.8, 4) is 0 Å². The number of aryl methyl sites for hydroxylation is 1. The average molecular weight is 251 g/mol. The Morgan fingerprint density at radius 2 is 2.12 bits per heavy atom. The van der Waals surface area contributed by atoms with Crippen LogP contribution in [0.2, 0.25) is 0 Å². The lowest BCUT2D eigenvalue weighted by atomic mass is 10.2. The summed E-state index contributed by atoms with van der Waals surface area (Å²) < 4.78 is 5.00. The van der Waals surface area contributed by atoms with Gasteiger partial charge in [0.1, 0.15) is 0 Å². The standard InChI is InChI=1S/C12H11ClN2O2/c1-8-11(17-7-14-8)12(16)15-10-4-2-9(6-13)3-5-10/h2-5,7H,6H2,1H3,(H,15,16). The summed E-state index contributed by atoms with van der Waals surface area (Å²) in [5.41, 5.74) is 2.26. The molecule has 1 amide bonds. The van der Waals surface area contributed by atoms with E-state index in [9.17, 15) is 4.79 Å². The SMILES string of the molecule is Cc1ncoc1C(=O)Nc1ccc(CCl)cc1. The maximum Gasteiger partial charge on any atom is 0.293 e. The predicted molar refractivity (Wildman–Crippen MR) is 65.2 cm³/mol. The third-order valence-corrected chi connectivity index (χ3v) is 2.63. The fraction of sp³-hybridized carbons (Fsp3) is 0.167. The molecule has 0 fully saturated rings. The number of amides is 1. The molecule has 5 heteroatoms. The van der Waals surface area contributed by atoms with E-state index in [1.165, 1.54) is 6.39 Å². The molecule has 2 rings (SSSR count). The topological polar surface area (TPSA) is 55.1 Å². The second kappa shape index (κ2) is 5.01. The van der Waals surface area contributed by atoms with Crippen LogP contribution >= 0.6 is 11.6 Å². The van der Waals surface area contributed by atoms with Crippen LogP contribution in [0.1, 0.15) is 21.8 Å². The van der Waals surface area contributed by atoms with E-state index in [2.05, 4.69) is 10.3 Å². The van der Waals surface area contributed by atoms with Gasteiger partial charge in [-0.3, -0.25) is 4.79 Å². The number of carbonyl (C=O) groups is 1. The van der Waals surface area contributed by atoms with Gasteiger partial charge >= 0.3 is 0 Å². The van der Waals surface area contributed by atoms with E-state index in [-0.39, 0.29) is 11.7 Å². The van der Waals surface area contributed by atoms with Crippen molar-refractivity contribution in [1.82, 2.24) is 4.98 Å². The molecule has 0 radical (unpaired) electrons. The van der Waals surface area contributed by atoms with Crippen molar-refractivity contribution in [1.29, 1.82) is 0 Å². The highest BCUT2D eigenvalue weighted by Crippen LogP contribution is 2.13. The Bertz CT molecular complexity index is 520. The van der Waals surface area contributed by atoms with Crippen LogP contribution in [0.15, 0.2) is 35.1 Å². The van der Waals surface area contributed by atoms with E-state index in [1.54, 1.807) is 19.1 Å². The largest absolute Gasteiger partial charge is 0.438 e. The van der Waals surface area contributed by atoms with Gasteiger partial charge in [0, 0.05) is 11.6 Å². The van der Waals surface area contributed by atoms with Gasteiger partial charge in [-0.25, -0.2) is 4.98 Å². The van der Waals surface area contributed by atoms with Crippen LogP contribution in [0.3, 0.4) is 0 Å². The van der Waals surface area contributed by atoms with Gasteiger partial charge in [0.2, 0.25) is 5.76 Å². The van der Waals surface area contributed by atoms with Crippen molar-refractivity contribution in [2.45, 2.75) is 12.8 Å². The minimum atomic E-state index is -0.307. The number of nitrogens with one attached hydrogen (secondary N) is 1. The zero-order valence-electron chi connectivity index (χ0n) is 9.24. The zero-order chi connectivity index (χ0) is 12.3. The molecule has 1 N–H and O–H groups in total. The highest BCUT2D eigenvalue weighted by atomic mass is 35.5. The van der Waals surface area contributed by atoms with E-state index in [0.29, 0.717) is 17.3 Å². The summed E-state index contributed by atoms with van der Waals surface area (Å²) in [5, 5.41) is 2.72. The van der Waals surface area contributed by atoms with Crippen LogP contribution in [0.4, 0.5) is 5.69 Å². The molecule has 0 atom stereocenters. The van der Waals surface area contributed by atoms with Crippen molar-refractivity contribution in [2.75, 3.05) is 5.32 Å². The lowest BCUT2D eigenvalue weighted by Crippen LogP contribution is -2.12. The molecule has 0 aliphatic carbocycles. The fourth-order valence-electron chi connectivity index (χ4n) is 1.38. The number of halogens is 1. The number of carbonyl (C=O) groups excluding carboxylic acids is 1. The quantitative estimate of drug-likeness (QED) is 0.852. The summed E-state index contributed by atoms with van der Waals surface area (Å²) in [5.74, 6) is 0.375. The van der Waals surface area contributed by atoms with Crippen LogP contribution in [0, 0.1) is 6.92 Å². The molecule has 1 heterocycles. The van der Waals surface area contributed by atoms with Crippen LogP contribution in [-0.4, -0.2) is 10.9 Å². The summed E-state index contributed by atoms with van der Waals surface area (Å²) in [6.45, 7) is 1.72. The Labute approximate surface area is 104 Å². The predicted octanol–water partition coefficient (Wildman–Crippen LogP) is 2.97. The number of oxazole rings is 1. The van der Waals surface area contributed by atoms with E-state index < -0.39 is 0 Å². The van der Waals surface area contributed by atoms with Gasteiger partial charge in [-0.1, -0.05) is 12.1 Å². The van der Waals surface area contributed by atoms with Crippen LogP contribution in [0.25, 0.3) is 0 Å².